The third-order valence-corrected chi connectivity index (χ3v) is 8.07. The van der Waals surface area contributed by atoms with Crippen molar-refractivity contribution in [2.75, 3.05) is 18.7 Å². The number of halogens is 1. The molecule has 1 aliphatic heterocycles. The van der Waals surface area contributed by atoms with E-state index < -0.39 is 56.2 Å². The van der Waals surface area contributed by atoms with E-state index in [0.29, 0.717) is 0 Å². The molecule has 2 heterocycles. The van der Waals surface area contributed by atoms with Gasteiger partial charge in [-0.2, -0.15) is 10.1 Å². The fourth-order valence-electron chi connectivity index (χ4n) is 4.20. The molecule has 0 spiro atoms. The van der Waals surface area contributed by atoms with E-state index in [0.717, 1.165) is 17.1 Å². The third kappa shape index (κ3) is 8.25. The number of aromatic nitrogens is 2. The zero-order valence-corrected chi connectivity index (χ0v) is 24.7. The molecule has 3 aromatic rings. The maximum atomic E-state index is 15.8. The lowest BCUT2D eigenvalue weighted by molar-refractivity contribution is -0.144. The van der Waals surface area contributed by atoms with Gasteiger partial charge in [0.2, 0.25) is 0 Å². The third-order valence-electron chi connectivity index (χ3n) is 6.43. The number of nitrogens with one attached hydrogen (secondary N) is 2. The second kappa shape index (κ2) is 14.2. The summed E-state index contributed by atoms with van der Waals surface area (Å²) < 4.78 is 52.1. The molecule has 0 saturated carbocycles. The summed E-state index contributed by atoms with van der Waals surface area (Å²) in [6.07, 6.45) is -3.54. The van der Waals surface area contributed by atoms with E-state index in [9.17, 15) is 19.3 Å². The number of esters is 1. The molecule has 13 nitrogen and oxygen atoms in total. The molecule has 0 aliphatic carbocycles. The van der Waals surface area contributed by atoms with Crippen LogP contribution in [0.5, 0.6) is 5.75 Å². The second-order valence-electron chi connectivity index (χ2n) is 9.80. The summed E-state index contributed by atoms with van der Waals surface area (Å²) in [4.78, 5) is 34.2. The van der Waals surface area contributed by atoms with Crippen molar-refractivity contribution in [1.29, 1.82) is 0 Å². The number of ether oxygens (including phenoxy) is 2. The summed E-state index contributed by atoms with van der Waals surface area (Å²) in [5, 5.41) is 13.3. The quantitative estimate of drug-likeness (QED) is 0.137. The fourth-order valence-corrected chi connectivity index (χ4v) is 5.71. The molecule has 0 radical (unpaired) electrons. The van der Waals surface area contributed by atoms with Crippen molar-refractivity contribution in [3.05, 3.63) is 89.0 Å². The maximum absolute atomic E-state index is 15.8. The molecule has 3 N–H and O–H groups in total. The van der Waals surface area contributed by atoms with E-state index in [2.05, 4.69) is 15.6 Å². The molecular weight excluding hydrogens is 586 g/mol. The normalized spacial score (nSPS) is 23.7. The molecule has 0 amide bonds. The van der Waals surface area contributed by atoms with Crippen molar-refractivity contribution in [3.8, 4) is 5.75 Å². The summed E-state index contributed by atoms with van der Waals surface area (Å²) in [5.74, 6) is -0.460. The SMILES string of the molecule is CCOC(=O)[C@H](C)NP(=O)(OCC1O[C@@H](n2ccc(NOCc3ccccc3)nc2=O)C(C)(F)[C@H]1O)Oc1ccccc1. The summed E-state index contributed by atoms with van der Waals surface area (Å²) in [6.45, 7) is 3.76. The first-order valence-corrected chi connectivity index (χ1v) is 15.0. The first-order valence-electron chi connectivity index (χ1n) is 13.5. The lowest BCUT2D eigenvalue weighted by atomic mass is 9.98. The number of alkyl halides is 1. The number of carbonyl (C=O) groups excluding carboxylic acids is 1. The van der Waals surface area contributed by atoms with Crippen molar-refractivity contribution < 1.29 is 42.2 Å². The van der Waals surface area contributed by atoms with Crippen molar-refractivity contribution in [1.82, 2.24) is 14.6 Å². The predicted molar refractivity (Wildman–Crippen MR) is 153 cm³/mol. The number of rotatable bonds is 14. The van der Waals surface area contributed by atoms with Gasteiger partial charge in [-0.1, -0.05) is 48.5 Å². The lowest BCUT2D eigenvalue weighted by Crippen LogP contribution is -2.43. The van der Waals surface area contributed by atoms with E-state index in [1.165, 1.54) is 31.3 Å². The Morgan fingerprint density at radius 3 is 2.51 bits per heavy atom. The number of hydrogen-bond acceptors (Lipinski definition) is 11. The van der Waals surface area contributed by atoms with E-state index >= 15 is 4.39 Å². The van der Waals surface area contributed by atoms with Gasteiger partial charge in [0, 0.05) is 6.20 Å². The molecule has 4 rings (SSSR count). The lowest BCUT2D eigenvalue weighted by Gasteiger charge is -2.25. The molecule has 43 heavy (non-hydrogen) atoms. The largest absolute Gasteiger partial charge is 0.465 e. The van der Waals surface area contributed by atoms with Gasteiger partial charge in [-0.3, -0.25) is 18.7 Å². The molecule has 6 atom stereocenters. The van der Waals surface area contributed by atoms with Gasteiger partial charge in [0.25, 0.3) is 0 Å². The van der Waals surface area contributed by atoms with Crippen LogP contribution in [0.25, 0.3) is 0 Å². The molecule has 3 unspecified atom stereocenters. The zero-order chi connectivity index (χ0) is 31.0. The minimum absolute atomic E-state index is 0.0805. The van der Waals surface area contributed by atoms with Crippen LogP contribution in [-0.2, 0) is 34.8 Å². The molecule has 1 aliphatic rings. The van der Waals surface area contributed by atoms with Crippen LogP contribution in [0.2, 0.25) is 0 Å². The Bertz CT molecular complexity index is 1460. The van der Waals surface area contributed by atoms with Crippen molar-refractivity contribution in [2.45, 2.75) is 57.5 Å². The van der Waals surface area contributed by atoms with Crippen molar-refractivity contribution >= 4 is 19.5 Å². The summed E-state index contributed by atoms with van der Waals surface area (Å²) in [7, 11) is -4.30. The number of benzene rings is 2. The topological polar surface area (TPSA) is 159 Å². The Kier molecular flexibility index (Phi) is 10.7. The van der Waals surface area contributed by atoms with Crippen LogP contribution < -0.4 is 20.8 Å². The number of carbonyl (C=O) groups is 1. The van der Waals surface area contributed by atoms with Gasteiger partial charge in [0.1, 0.15) is 24.0 Å². The van der Waals surface area contributed by atoms with Gasteiger partial charge in [-0.05, 0) is 44.5 Å². The van der Waals surface area contributed by atoms with Gasteiger partial charge in [0.05, 0.1) is 19.8 Å². The van der Waals surface area contributed by atoms with E-state index in [1.807, 2.05) is 30.3 Å². The van der Waals surface area contributed by atoms with E-state index in [-0.39, 0.29) is 24.8 Å². The van der Waals surface area contributed by atoms with Crippen molar-refractivity contribution in [2.24, 2.45) is 0 Å². The van der Waals surface area contributed by atoms with Crippen LogP contribution in [0.3, 0.4) is 0 Å². The fraction of sp³-hybridized carbons (Fsp3) is 0.393. The number of aliphatic hydroxyl groups is 1. The molecule has 1 saturated heterocycles. The van der Waals surface area contributed by atoms with Crippen LogP contribution in [0, 0.1) is 0 Å². The standard InChI is InChI=1S/C28H34FN4O9P/c1-4-38-25(35)19(2)32-43(37,42-21-13-9-6-10-14-21)40-18-22-24(34)28(3,29)26(41-22)33-16-15-23(30-27(33)36)31-39-17-20-11-7-5-8-12-20/h5-16,19,22,24,26,34H,4,17-18H2,1-3H3,(H,32,37)(H,30,31,36)/t19-,22?,24-,26+,28?,43?/m0/s1. The zero-order valence-electron chi connectivity index (χ0n) is 23.8. The minimum Gasteiger partial charge on any atom is -0.465 e. The van der Waals surface area contributed by atoms with Gasteiger partial charge in [0.15, 0.2) is 17.7 Å². The van der Waals surface area contributed by atoms with Crippen LogP contribution in [0.4, 0.5) is 10.2 Å². The molecule has 2 aromatic carbocycles. The highest BCUT2D eigenvalue weighted by atomic mass is 31.2. The average Bonchev–Trinajstić information content (AvgIpc) is 3.21. The van der Waals surface area contributed by atoms with Gasteiger partial charge < -0.3 is 19.1 Å². The van der Waals surface area contributed by atoms with Crippen LogP contribution in [0.15, 0.2) is 77.7 Å². The highest BCUT2D eigenvalue weighted by Crippen LogP contribution is 2.47. The molecule has 15 heteroatoms. The van der Waals surface area contributed by atoms with Crippen LogP contribution in [-0.4, -0.2) is 57.8 Å². The summed E-state index contributed by atoms with van der Waals surface area (Å²) >= 11 is 0. The van der Waals surface area contributed by atoms with Crippen LogP contribution >= 0.6 is 7.75 Å². The summed E-state index contributed by atoms with van der Waals surface area (Å²) in [5.41, 5.74) is 0.102. The van der Waals surface area contributed by atoms with E-state index in [4.69, 9.17) is 23.4 Å². The molecule has 0 bridgehead atoms. The van der Waals surface area contributed by atoms with Gasteiger partial charge in [-0.15, -0.1) is 0 Å². The Hall–Kier alpha value is -3.65. The maximum Gasteiger partial charge on any atom is 0.459 e. The first kappa shape index (κ1) is 32.3. The number of anilines is 1. The second-order valence-corrected chi connectivity index (χ2v) is 11.5. The van der Waals surface area contributed by atoms with Gasteiger partial charge in [-0.25, -0.2) is 19.2 Å². The Balaban J connectivity index is 1.44. The highest BCUT2D eigenvalue weighted by molar-refractivity contribution is 7.52. The minimum atomic E-state index is -4.30. The number of nitrogens with zero attached hydrogens (tertiary/aromatic N) is 2. The first-order chi connectivity index (χ1) is 20.5. The Labute approximate surface area is 247 Å². The number of aliphatic hydroxyl groups excluding tert-OH is 1. The Morgan fingerprint density at radius 2 is 1.86 bits per heavy atom. The average molecular weight is 621 g/mol. The predicted octanol–water partition coefficient (Wildman–Crippen LogP) is 3.52. The number of hydrogen-bond donors (Lipinski definition) is 3. The molecular formula is C28H34FN4O9P. The summed E-state index contributed by atoms with van der Waals surface area (Å²) in [6, 6.07) is 17.6. The highest BCUT2D eigenvalue weighted by Gasteiger charge is 2.56. The Morgan fingerprint density at radius 1 is 1.19 bits per heavy atom. The monoisotopic (exact) mass is 620 g/mol. The molecule has 232 valence electrons. The smallest absolute Gasteiger partial charge is 0.459 e. The van der Waals surface area contributed by atoms with E-state index in [1.54, 1.807) is 25.1 Å². The van der Waals surface area contributed by atoms with Crippen LogP contribution in [0.1, 0.15) is 32.6 Å². The number of para-hydroxylation sites is 1. The van der Waals surface area contributed by atoms with Gasteiger partial charge >= 0.3 is 19.4 Å². The molecule has 1 fully saturated rings. The molecule has 1 aromatic heterocycles. The van der Waals surface area contributed by atoms with Crippen molar-refractivity contribution in [3.63, 3.8) is 0 Å².